The Labute approximate surface area is 110 Å². The van der Waals surface area contributed by atoms with Crippen molar-refractivity contribution >= 4 is 11.8 Å². The topological polar surface area (TPSA) is 12.0 Å². The fourth-order valence-corrected chi connectivity index (χ4v) is 2.89. The van der Waals surface area contributed by atoms with E-state index in [2.05, 4.69) is 56.4 Å². The van der Waals surface area contributed by atoms with Crippen molar-refractivity contribution in [3.8, 4) is 0 Å². The second-order valence-corrected chi connectivity index (χ2v) is 6.42. The molecule has 0 spiro atoms. The minimum absolute atomic E-state index is 0.400. The molecule has 0 aromatic heterocycles. The molecule has 1 aromatic rings. The Hall–Kier alpha value is -0.470. The van der Waals surface area contributed by atoms with Crippen molar-refractivity contribution in [2.24, 2.45) is 5.41 Å². The quantitative estimate of drug-likeness (QED) is 0.549. The molecule has 1 rings (SSSR count). The van der Waals surface area contributed by atoms with E-state index in [9.17, 15) is 0 Å². The molecule has 0 fully saturated rings. The highest BCUT2D eigenvalue weighted by Gasteiger charge is 2.16. The minimum Gasteiger partial charge on any atom is -0.316 e. The number of hydrogen-bond donors (Lipinski definition) is 1. The van der Waals surface area contributed by atoms with Crippen LogP contribution in [-0.4, -0.2) is 18.8 Å². The van der Waals surface area contributed by atoms with Gasteiger partial charge in [-0.25, -0.2) is 0 Å². The van der Waals surface area contributed by atoms with Crippen LogP contribution in [0.1, 0.15) is 33.6 Å². The van der Waals surface area contributed by atoms with Gasteiger partial charge >= 0.3 is 0 Å². The second kappa shape index (κ2) is 7.78. The number of nitrogens with one attached hydrogen (secondary N) is 1. The van der Waals surface area contributed by atoms with Gasteiger partial charge in [0.2, 0.25) is 0 Å². The Bertz CT molecular complexity index is 295. The maximum Gasteiger partial charge on any atom is 0.00719 e. The van der Waals surface area contributed by atoms with Gasteiger partial charge in [-0.1, -0.05) is 39.0 Å². The summed E-state index contributed by atoms with van der Waals surface area (Å²) in [6, 6.07) is 10.7. The van der Waals surface area contributed by atoms with Gasteiger partial charge < -0.3 is 5.32 Å². The van der Waals surface area contributed by atoms with Crippen LogP contribution >= 0.6 is 11.8 Å². The zero-order chi connectivity index (χ0) is 12.6. The summed E-state index contributed by atoms with van der Waals surface area (Å²) in [5.41, 5.74) is 0.400. The lowest BCUT2D eigenvalue weighted by Crippen LogP contribution is -2.30. The molecule has 0 bridgehead atoms. The van der Waals surface area contributed by atoms with Crippen molar-refractivity contribution < 1.29 is 0 Å². The average Bonchev–Trinajstić information content (AvgIpc) is 2.30. The highest BCUT2D eigenvalue weighted by atomic mass is 32.2. The van der Waals surface area contributed by atoms with Gasteiger partial charge in [0.05, 0.1) is 0 Å². The van der Waals surface area contributed by atoms with E-state index in [4.69, 9.17) is 0 Å². The van der Waals surface area contributed by atoms with Crippen LogP contribution in [0, 0.1) is 5.41 Å². The molecule has 0 aliphatic heterocycles. The molecular weight excluding hydrogens is 226 g/mol. The zero-order valence-corrected chi connectivity index (χ0v) is 12.1. The number of hydrogen-bond acceptors (Lipinski definition) is 2. The lowest BCUT2D eigenvalue weighted by Gasteiger charge is -2.24. The Balaban J connectivity index is 2.20. The van der Waals surface area contributed by atoms with E-state index >= 15 is 0 Å². The van der Waals surface area contributed by atoms with Crippen molar-refractivity contribution in [2.75, 3.05) is 18.8 Å². The molecule has 0 aliphatic rings. The minimum atomic E-state index is 0.400. The third-order valence-electron chi connectivity index (χ3n) is 2.82. The Morgan fingerprint density at radius 2 is 1.88 bits per heavy atom. The van der Waals surface area contributed by atoms with Crippen LogP contribution in [0.15, 0.2) is 35.2 Å². The first-order chi connectivity index (χ1) is 8.14. The van der Waals surface area contributed by atoms with Gasteiger partial charge in [-0.2, -0.15) is 0 Å². The van der Waals surface area contributed by atoms with E-state index in [1.165, 1.54) is 23.5 Å². The molecule has 0 unspecified atom stereocenters. The number of thioether (sulfide) groups is 1. The van der Waals surface area contributed by atoms with Crippen LogP contribution in [0.25, 0.3) is 0 Å². The van der Waals surface area contributed by atoms with Gasteiger partial charge in [0.1, 0.15) is 0 Å². The van der Waals surface area contributed by atoms with Gasteiger partial charge in [-0.3, -0.25) is 0 Å². The molecule has 0 heterocycles. The van der Waals surface area contributed by atoms with Crippen molar-refractivity contribution in [3.63, 3.8) is 0 Å². The second-order valence-electron chi connectivity index (χ2n) is 5.25. The highest BCUT2D eigenvalue weighted by molar-refractivity contribution is 7.99. The third-order valence-corrected chi connectivity index (χ3v) is 3.83. The Kier molecular flexibility index (Phi) is 6.68. The molecule has 0 radical (unpaired) electrons. The van der Waals surface area contributed by atoms with Crippen molar-refractivity contribution in [1.82, 2.24) is 5.32 Å². The van der Waals surface area contributed by atoms with Crippen LogP contribution in [0.4, 0.5) is 0 Å². The standard InChI is InChI=1S/C15H25NS/c1-4-11-16-13-15(2,3)10-12-17-14-8-6-5-7-9-14/h5-9,16H,4,10-13H2,1-3H3. The number of rotatable bonds is 8. The SMILES string of the molecule is CCCNCC(C)(C)CCSc1ccccc1. The lowest BCUT2D eigenvalue weighted by atomic mass is 9.90. The van der Waals surface area contributed by atoms with Crippen molar-refractivity contribution in [2.45, 2.75) is 38.5 Å². The zero-order valence-electron chi connectivity index (χ0n) is 11.3. The summed E-state index contributed by atoms with van der Waals surface area (Å²) in [6.45, 7) is 9.17. The molecule has 96 valence electrons. The van der Waals surface area contributed by atoms with E-state index in [1.54, 1.807) is 0 Å². The van der Waals surface area contributed by atoms with E-state index in [1.807, 2.05) is 11.8 Å². The molecule has 17 heavy (non-hydrogen) atoms. The van der Waals surface area contributed by atoms with Gasteiger partial charge in [0.15, 0.2) is 0 Å². The molecule has 1 nitrogen and oxygen atoms in total. The summed E-state index contributed by atoms with van der Waals surface area (Å²) in [5, 5.41) is 3.51. The smallest absolute Gasteiger partial charge is 0.00719 e. The van der Waals surface area contributed by atoms with E-state index in [0.29, 0.717) is 5.41 Å². The van der Waals surface area contributed by atoms with Crippen LogP contribution in [0.2, 0.25) is 0 Å². The van der Waals surface area contributed by atoms with Gasteiger partial charge in [-0.05, 0) is 42.7 Å². The fourth-order valence-electron chi connectivity index (χ4n) is 1.65. The van der Waals surface area contributed by atoms with Crippen LogP contribution in [-0.2, 0) is 0 Å². The highest BCUT2D eigenvalue weighted by Crippen LogP contribution is 2.25. The van der Waals surface area contributed by atoms with Crippen molar-refractivity contribution in [3.05, 3.63) is 30.3 Å². The van der Waals surface area contributed by atoms with Gasteiger partial charge in [0, 0.05) is 11.4 Å². The average molecular weight is 251 g/mol. The molecule has 1 aromatic carbocycles. The molecule has 2 heteroatoms. The molecule has 0 aliphatic carbocycles. The molecule has 0 atom stereocenters. The Morgan fingerprint density at radius 1 is 1.18 bits per heavy atom. The summed E-state index contributed by atoms with van der Waals surface area (Å²) in [4.78, 5) is 1.38. The summed E-state index contributed by atoms with van der Waals surface area (Å²) >= 11 is 1.96. The van der Waals surface area contributed by atoms with Gasteiger partial charge in [0.25, 0.3) is 0 Å². The summed E-state index contributed by atoms with van der Waals surface area (Å²) in [5.74, 6) is 1.20. The monoisotopic (exact) mass is 251 g/mol. The number of benzene rings is 1. The predicted molar refractivity (Wildman–Crippen MR) is 78.7 cm³/mol. The molecule has 0 saturated carbocycles. The predicted octanol–water partition coefficient (Wildman–Crippen LogP) is 4.19. The first kappa shape index (κ1) is 14.6. The molecule has 0 amide bonds. The summed E-state index contributed by atoms with van der Waals surface area (Å²) in [6.07, 6.45) is 2.47. The normalized spacial score (nSPS) is 11.7. The molecular formula is C15H25NS. The lowest BCUT2D eigenvalue weighted by molar-refractivity contribution is 0.332. The Morgan fingerprint density at radius 3 is 2.53 bits per heavy atom. The molecule has 0 saturated heterocycles. The summed E-state index contributed by atoms with van der Waals surface area (Å²) < 4.78 is 0. The largest absolute Gasteiger partial charge is 0.316 e. The third kappa shape index (κ3) is 6.75. The maximum atomic E-state index is 3.51. The fraction of sp³-hybridized carbons (Fsp3) is 0.600. The first-order valence-corrected chi connectivity index (χ1v) is 7.51. The summed E-state index contributed by atoms with van der Waals surface area (Å²) in [7, 11) is 0. The van der Waals surface area contributed by atoms with E-state index in [-0.39, 0.29) is 0 Å². The van der Waals surface area contributed by atoms with E-state index in [0.717, 1.165) is 13.1 Å². The van der Waals surface area contributed by atoms with E-state index < -0.39 is 0 Å². The maximum absolute atomic E-state index is 3.51. The van der Waals surface area contributed by atoms with Crippen molar-refractivity contribution in [1.29, 1.82) is 0 Å². The van der Waals surface area contributed by atoms with Crippen LogP contribution in [0.5, 0.6) is 0 Å². The molecule has 1 N–H and O–H groups in total. The van der Waals surface area contributed by atoms with Crippen LogP contribution < -0.4 is 5.32 Å². The first-order valence-electron chi connectivity index (χ1n) is 6.52. The van der Waals surface area contributed by atoms with Gasteiger partial charge in [-0.15, -0.1) is 11.8 Å². The van der Waals surface area contributed by atoms with Crippen LogP contribution in [0.3, 0.4) is 0 Å².